The highest BCUT2D eigenvalue weighted by Gasteiger charge is 2.20. The second kappa shape index (κ2) is 3.74. The van der Waals surface area contributed by atoms with Crippen LogP contribution >= 0.6 is 0 Å². The van der Waals surface area contributed by atoms with Gasteiger partial charge in [0.05, 0.1) is 18.8 Å². The molecule has 0 heterocycles. The first kappa shape index (κ1) is 9.72. The molecule has 0 amide bonds. The van der Waals surface area contributed by atoms with Gasteiger partial charge in [0.15, 0.2) is 0 Å². The molecule has 2 nitrogen and oxygen atoms in total. The van der Waals surface area contributed by atoms with E-state index in [1.165, 1.54) is 6.07 Å². The fourth-order valence-electron chi connectivity index (χ4n) is 1.90. The third-order valence-corrected chi connectivity index (χ3v) is 2.57. The maximum Gasteiger partial charge on any atom is 0.132 e. The van der Waals surface area contributed by atoms with Gasteiger partial charge in [0.2, 0.25) is 0 Å². The molecule has 0 N–H and O–H groups in total. The van der Waals surface area contributed by atoms with Crippen molar-refractivity contribution >= 4 is 5.57 Å². The van der Waals surface area contributed by atoms with Gasteiger partial charge in [-0.05, 0) is 25.0 Å². The number of hydrogen-bond donors (Lipinski definition) is 0. The van der Waals surface area contributed by atoms with Crippen LogP contribution in [0.3, 0.4) is 0 Å². The minimum Gasteiger partial charge on any atom is -0.496 e. The van der Waals surface area contributed by atoms with E-state index < -0.39 is 0 Å². The van der Waals surface area contributed by atoms with Crippen molar-refractivity contribution in [1.82, 2.24) is 0 Å². The van der Waals surface area contributed by atoms with Crippen LogP contribution in [-0.2, 0) is 6.42 Å². The molecule has 15 heavy (non-hydrogen) atoms. The molecule has 76 valence electrons. The van der Waals surface area contributed by atoms with Gasteiger partial charge in [-0.2, -0.15) is 5.26 Å². The van der Waals surface area contributed by atoms with Gasteiger partial charge in [0, 0.05) is 11.1 Å². The van der Waals surface area contributed by atoms with Crippen LogP contribution in [-0.4, -0.2) is 7.11 Å². The minimum absolute atomic E-state index is 0.349. The highest BCUT2D eigenvalue weighted by atomic mass is 19.1. The Morgan fingerprint density at radius 1 is 1.47 bits per heavy atom. The molecule has 0 saturated heterocycles. The Bertz CT molecular complexity index is 471. The maximum atomic E-state index is 13.6. The van der Waals surface area contributed by atoms with Crippen molar-refractivity contribution in [2.45, 2.75) is 12.8 Å². The average Bonchev–Trinajstić information content (AvgIpc) is 2.29. The number of nitrogens with zero attached hydrogens (tertiary/aromatic N) is 1. The van der Waals surface area contributed by atoms with Gasteiger partial charge in [-0.3, -0.25) is 0 Å². The van der Waals surface area contributed by atoms with Crippen molar-refractivity contribution in [2.75, 3.05) is 7.11 Å². The molecule has 2 rings (SSSR count). The molecule has 0 radical (unpaired) electrons. The first-order chi connectivity index (χ1) is 7.27. The first-order valence-electron chi connectivity index (χ1n) is 4.74. The molecule has 0 bridgehead atoms. The topological polar surface area (TPSA) is 33.0 Å². The van der Waals surface area contributed by atoms with Gasteiger partial charge in [-0.25, -0.2) is 4.39 Å². The van der Waals surface area contributed by atoms with Crippen LogP contribution in [0.2, 0.25) is 0 Å². The van der Waals surface area contributed by atoms with Crippen molar-refractivity contribution in [3.8, 4) is 11.8 Å². The second-order valence-electron chi connectivity index (χ2n) is 3.37. The van der Waals surface area contributed by atoms with Crippen LogP contribution < -0.4 is 4.74 Å². The lowest BCUT2D eigenvalue weighted by Crippen LogP contribution is -2.04. The van der Waals surface area contributed by atoms with Gasteiger partial charge in [-0.1, -0.05) is 6.08 Å². The number of benzene rings is 1. The molecule has 1 aliphatic rings. The number of nitriles is 1. The molecule has 0 aliphatic heterocycles. The molecule has 0 aromatic heterocycles. The Kier molecular flexibility index (Phi) is 2.42. The summed E-state index contributed by atoms with van der Waals surface area (Å²) in [6.07, 6.45) is 3.25. The maximum absolute atomic E-state index is 13.6. The van der Waals surface area contributed by atoms with E-state index in [4.69, 9.17) is 10.00 Å². The lowest BCUT2D eigenvalue weighted by molar-refractivity contribution is 0.407. The molecular weight excluding hydrogens is 193 g/mol. The van der Waals surface area contributed by atoms with Crippen molar-refractivity contribution in [2.24, 2.45) is 0 Å². The monoisotopic (exact) mass is 203 g/mol. The standard InChI is InChI=1S/C12H10FNO/c1-15-11-6-5-10(13)12-8(7-14)3-2-4-9(11)12/h3,5-6H,2,4H2,1H3. The highest BCUT2D eigenvalue weighted by molar-refractivity contribution is 5.81. The fourth-order valence-corrected chi connectivity index (χ4v) is 1.90. The number of halogens is 1. The molecule has 0 atom stereocenters. The average molecular weight is 203 g/mol. The molecule has 1 aromatic carbocycles. The minimum atomic E-state index is -0.349. The summed E-state index contributed by atoms with van der Waals surface area (Å²) in [6.45, 7) is 0. The van der Waals surface area contributed by atoms with E-state index in [1.54, 1.807) is 19.3 Å². The summed E-state index contributed by atoms with van der Waals surface area (Å²) < 4.78 is 18.7. The van der Waals surface area contributed by atoms with Gasteiger partial charge in [-0.15, -0.1) is 0 Å². The van der Waals surface area contributed by atoms with Crippen molar-refractivity contribution < 1.29 is 9.13 Å². The van der Waals surface area contributed by atoms with Gasteiger partial charge >= 0.3 is 0 Å². The van der Waals surface area contributed by atoms with E-state index in [1.807, 2.05) is 6.07 Å². The Hall–Kier alpha value is -1.82. The van der Waals surface area contributed by atoms with E-state index in [2.05, 4.69) is 0 Å². The molecule has 1 aromatic rings. The van der Waals surface area contributed by atoms with Crippen LogP contribution in [0.1, 0.15) is 17.5 Å². The third-order valence-electron chi connectivity index (χ3n) is 2.57. The molecule has 1 aliphatic carbocycles. The molecule has 0 saturated carbocycles. The SMILES string of the molecule is COc1ccc(F)c2c1CCC=C2C#N. The van der Waals surface area contributed by atoms with Gasteiger partial charge in [0.1, 0.15) is 11.6 Å². The highest BCUT2D eigenvalue weighted by Crippen LogP contribution is 2.34. The summed E-state index contributed by atoms with van der Waals surface area (Å²) in [6, 6.07) is 4.96. The molecular formula is C12H10FNO. The molecule has 0 spiro atoms. The summed E-state index contributed by atoms with van der Waals surface area (Å²) in [5.74, 6) is 0.311. The second-order valence-corrected chi connectivity index (χ2v) is 3.37. The summed E-state index contributed by atoms with van der Waals surface area (Å²) in [5, 5.41) is 8.90. The largest absolute Gasteiger partial charge is 0.496 e. The van der Waals surface area contributed by atoms with Crippen LogP contribution in [0, 0.1) is 17.1 Å². The number of hydrogen-bond acceptors (Lipinski definition) is 2. The van der Waals surface area contributed by atoms with Crippen LogP contribution in [0.25, 0.3) is 5.57 Å². The Balaban J connectivity index is 2.68. The third kappa shape index (κ3) is 1.48. The number of rotatable bonds is 1. The number of methoxy groups -OCH3 is 1. The number of fused-ring (bicyclic) bond motifs is 1. The van der Waals surface area contributed by atoms with E-state index in [-0.39, 0.29) is 5.82 Å². The summed E-state index contributed by atoms with van der Waals surface area (Å²) in [5.41, 5.74) is 1.62. The molecule has 3 heteroatoms. The fraction of sp³-hybridized carbons (Fsp3) is 0.250. The lowest BCUT2D eigenvalue weighted by Gasteiger charge is -2.17. The van der Waals surface area contributed by atoms with E-state index in [9.17, 15) is 4.39 Å². The predicted molar refractivity (Wildman–Crippen MR) is 54.9 cm³/mol. The Morgan fingerprint density at radius 2 is 2.27 bits per heavy atom. The van der Waals surface area contributed by atoms with Crippen molar-refractivity contribution in [3.63, 3.8) is 0 Å². The smallest absolute Gasteiger partial charge is 0.132 e. The summed E-state index contributed by atoms with van der Waals surface area (Å²) >= 11 is 0. The van der Waals surface area contributed by atoms with E-state index >= 15 is 0 Å². The van der Waals surface area contributed by atoms with Gasteiger partial charge < -0.3 is 4.74 Å². The van der Waals surface area contributed by atoms with Crippen molar-refractivity contribution in [3.05, 3.63) is 35.2 Å². The number of allylic oxidation sites excluding steroid dienone is 2. The normalized spacial score (nSPS) is 13.8. The molecule has 0 fully saturated rings. The number of ether oxygens (including phenoxy) is 1. The van der Waals surface area contributed by atoms with E-state index in [0.29, 0.717) is 16.9 Å². The predicted octanol–water partition coefficient (Wildman–Crippen LogP) is 2.69. The Morgan fingerprint density at radius 3 is 2.93 bits per heavy atom. The van der Waals surface area contributed by atoms with Gasteiger partial charge in [0.25, 0.3) is 0 Å². The summed E-state index contributed by atoms with van der Waals surface area (Å²) in [4.78, 5) is 0. The quantitative estimate of drug-likeness (QED) is 0.703. The Labute approximate surface area is 87.6 Å². The van der Waals surface area contributed by atoms with Crippen LogP contribution in [0.15, 0.2) is 18.2 Å². The van der Waals surface area contributed by atoms with E-state index in [0.717, 1.165) is 18.4 Å². The molecule has 0 unspecified atom stereocenters. The lowest BCUT2D eigenvalue weighted by atomic mass is 9.90. The van der Waals surface area contributed by atoms with Crippen LogP contribution in [0.4, 0.5) is 4.39 Å². The zero-order valence-corrected chi connectivity index (χ0v) is 8.38. The first-order valence-corrected chi connectivity index (χ1v) is 4.74. The van der Waals surface area contributed by atoms with Crippen LogP contribution in [0.5, 0.6) is 5.75 Å². The zero-order chi connectivity index (χ0) is 10.8. The zero-order valence-electron chi connectivity index (χ0n) is 8.38. The summed E-state index contributed by atoms with van der Waals surface area (Å²) in [7, 11) is 1.55. The van der Waals surface area contributed by atoms with Crippen molar-refractivity contribution in [1.29, 1.82) is 5.26 Å².